The summed E-state index contributed by atoms with van der Waals surface area (Å²) in [6.07, 6.45) is 0. The number of aromatic nitrogens is 3. The third-order valence-corrected chi connectivity index (χ3v) is 12.2. The van der Waals surface area contributed by atoms with Gasteiger partial charge < -0.3 is 8.83 Å². The van der Waals surface area contributed by atoms with Gasteiger partial charge in [0.2, 0.25) is 0 Å². The fourth-order valence-electron chi connectivity index (χ4n) is 9.26. The summed E-state index contributed by atoms with van der Waals surface area (Å²) in [5.74, 6) is 1.74. The Morgan fingerprint density at radius 3 is 1.80 bits per heavy atom. The monoisotopic (exact) mass is 757 g/mol. The van der Waals surface area contributed by atoms with Gasteiger partial charge >= 0.3 is 0 Å². The average Bonchev–Trinajstić information content (AvgIpc) is 3.93. The first kappa shape index (κ1) is 33.5. The van der Waals surface area contributed by atoms with Gasteiger partial charge in [-0.3, -0.25) is 0 Å². The molecule has 0 amide bonds. The average molecular weight is 758 g/mol. The summed E-state index contributed by atoms with van der Waals surface area (Å²) in [4.78, 5) is 15.7. The van der Waals surface area contributed by atoms with Gasteiger partial charge in [-0.05, 0) is 93.0 Å². The summed E-state index contributed by atoms with van der Waals surface area (Å²) in [6.45, 7) is 4.65. The van der Waals surface area contributed by atoms with Crippen LogP contribution in [-0.2, 0) is 5.41 Å². The number of hydrogen-bond donors (Lipinski definition) is 0. The third-order valence-electron chi connectivity index (χ3n) is 12.2. The molecule has 5 nitrogen and oxygen atoms in total. The molecule has 11 aromatic rings. The SMILES string of the molecule is CC1(C)c2ccccc2-c2c(-c3ccc4oc5cccc(-c6nc(-c7cccc(-c8ccccc8)c7)nc(-c7ccc8oc9ccccc9c8c7)n6)c5c4c3)cccc21. The van der Waals surface area contributed by atoms with E-state index in [4.69, 9.17) is 23.8 Å². The smallest absolute Gasteiger partial charge is 0.164 e. The van der Waals surface area contributed by atoms with E-state index in [0.717, 1.165) is 77.3 Å². The van der Waals surface area contributed by atoms with Crippen LogP contribution in [0.25, 0.3) is 111 Å². The van der Waals surface area contributed by atoms with E-state index in [1.165, 1.54) is 27.8 Å². The Kier molecular flexibility index (Phi) is 7.20. The summed E-state index contributed by atoms with van der Waals surface area (Å²) >= 11 is 0. The zero-order chi connectivity index (χ0) is 39.2. The van der Waals surface area contributed by atoms with Crippen LogP contribution in [0.5, 0.6) is 0 Å². The van der Waals surface area contributed by atoms with Gasteiger partial charge in [-0.1, -0.05) is 141 Å². The quantitative estimate of drug-likeness (QED) is 0.175. The highest BCUT2D eigenvalue weighted by Crippen LogP contribution is 2.52. The molecular formula is C54H35N3O2. The molecule has 8 aromatic carbocycles. The predicted octanol–water partition coefficient (Wildman–Crippen LogP) is 14.3. The fraction of sp³-hybridized carbons (Fsp3) is 0.0556. The molecule has 5 heteroatoms. The summed E-state index contributed by atoms with van der Waals surface area (Å²) in [5.41, 5.74) is 15.7. The van der Waals surface area contributed by atoms with Crippen LogP contribution in [0.1, 0.15) is 25.0 Å². The lowest BCUT2D eigenvalue weighted by molar-refractivity contribution is 0.660. The molecule has 0 saturated carbocycles. The summed E-state index contributed by atoms with van der Waals surface area (Å²) in [5, 5.41) is 4.05. The van der Waals surface area contributed by atoms with Crippen LogP contribution in [0.3, 0.4) is 0 Å². The van der Waals surface area contributed by atoms with Gasteiger partial charge in [-0.15, -0.1) is 0 Å². The van der Waals surface area contributed by atoms with E-state index in [9.17, 15) is 0 Å². The highest BCUT2D eigenvalue weighted by Gasteiger charge is 2.36. The molecule has 0 radical (unpaired) electrons. The van der Waals surface area contributed by atoms with E-state index in [1.807, 2.05) is 48.5 Å². The maximum Gasteiger partial charge on any atom is 0.164 e. The highest BCUT2D eigenvalue weighted by atomic mass is 16.3. The standard InChI is InChI=1S/C54H35N3O2/c1-54(2)43-21-8-6-18-39(43)49-37(19-11-22-44(49)54)34-25-27-47-42(30-34)50-40(20-12-24-48(50)59-47)53-56-51(35-16-10-15-33(29-35)32-13-4-3-5-14-32)55-52(57-53)36-26-28-46-41(31-36)38-17-7-9-23-45(38)58-46/h3-31H,1-2H3. The van der Waals surface area contributed by atoms with Crippen molar-refractivity contribution in [2.45, 2.75) is 19.3 Å². The molecule has 12 rings (SSSR count). The molecule has 3 aromatic heterocycles. The summed E-state index contributed by atoms with van der Waals surface area (Å²) < 4.78 is 12.8. The van der Waals surface area contributed by atoms with Crippen LogP contribution in [0.15, 0.2) is 185 Å². The van der Waals surface area contributed by atoms with Gasteiger partial charge in [0.15, 0.2) is 17.5 Å². The van der Waals surface area contributed by atoms with Gasteiger partial charge in [0.1, 0.15) is 22.3 Å². The number of benzene rings is 8. The molecule has 0 saturated heterocycles. The van der Waals surface area contributed by atoms with E-state index in [1.54, 1.807) is 0 Å². The van der Waals surface area contributed by atoms with Gasteiger partial charge in [-0.2, -0.15) is 0 Å². The Morgan fingerprint density at radius 1 is 0.356 bits per heavy atom. The number of hydrogen-bond acceptors (Lipinski definition) is 5. The Hall–Kier alpha value is -7.63. The van der Waals surface area contributed by atoms with E-state index in [0.29, 0.717) is 17.5 Å². The highest BCUT2D eigenvalue weighted by molar-refractivity contribution is 6.13. The first-order valence-electron chi connectivity index (χ1n) is 20.0. The van der Waals surface area contributed by atoms with Crippen molar-refractivity contribution in [3.05, 3.63) is 187 Å². The summed E-state index contributed by atoms with van der Waals surface area (Å²) in [6, 6.07) is 61.3. The number of rotatable bonds is 5. The van der Waals surface area contributed by atoms with Gasteiger partial charge in [-0.25, -0.2) is 15.0 Å². The van der Waals surface area contributed by atoms with Crippen LogP contribution >= 0.6 is 0 Å². The Bertz CT molecular complexity index is 3480. The van der Waals surface area contributed by atoms with Crippen molar-refractivity contribution in [1.29, 1.82) is 0 Å². The summed E-state index contributed by atoms with van der Waals surface area (Å²) in [7, 11) is 0. The van der Waals surface area contributed by atoms with Crippen LogP contribution in [0, 0.1) is 0 Å². The topological polar surface area (TPSA) is 65.0 Å². The molecule has 0 unspecified atom stereocenters. The third kappa shape index (κ3) is 5.21. The maximum atomic E-state index is 6.58. The van der Waals surface area contributed by atoms with Crippen LogP contribution < -0.4 is 0 Å². The molecular weight excluding hydrogens is 723 g/mol. The van der Waals surface area contributed by atoms with Crippen molar-refractivity contribution < 1.29 is 8.83 Å². The molecule has 59 heavy (non-hydrogen) atoms. The van der Waals surface area contributed by atoms with E-state index < -0.39 is 0 Å². The minimum absolute atomic E-state index is 0.0918. The van der Waals surface area contributed by atoms with Crippen molar-refractivity contribution >= 4 is 43.9 Å². The normalized spacial score (nSPS) is 13.1. The predicted molar refractivity (Wildman–Crippen MR) is 239 cm³/mol. The minimum atomic E-state index is -0.0918. The lowest BCUT2D eigenvalue weighted by Crippen LogP contribution is -2.14. The molecule has 0 N–H and O–H groups in total. The van der Waals surface area contributed by atoms with E-state index in [-0.39, 0.29) is 5.41 Å². The molecule has 278 valence electrons. The lowest BCUT2D eigenvalue weighted by atomic mass is 9.82. The second-order valence-corrected chi connectivity index (χ2v) is 16.0. The first-order valence-corrected chi connectivity index (χ1v) is 20.0. The minimum Gasteiger partial charge on any atom is -0.456 e. The van der Waals surface area contributed by atoms with Crippen molar-refractivity contribution in [3.63, 3.8) is 0 Å². The van der Waals surface area contributed by atoms with Crippen molar-refractivity contribution in [3.8, 4) is 67.5 Å². The second kappa shape index (κ2) is 12.7. The van der Waals surface area contributed by atoms with Crippen LogP contribution in [0.4, 0.5) is 0 Å². The van der Waals surface area contributed by atoms with Crippen molar-refractivity contribution in [2.75, 3.05) is 0 Å². The zero-order valence-corrected chi connectivity index (χ0v) is 32.4. The molecule has 0 spiro atoms. The van der Waals surface area contributed by atoms with Gasteiger partial charge in [0.05, 0.1) is 0 Å². The second-order valence-electron chi connectivity index (χ2n) is 16.0. The van der Waals surface area contributed by atoms with E-state index >= 15 is 0 Å². The largest absolute Gasteiger partial charge is 0.456 e. The number of nitrogens with zero attached hydrogens (tertiary/aromatic N) is 3. The molecule has 1 aliphatic rings. The Labute approximate surface area is 340 Å². The number of fused-ring (bicyclic) bond motifs is 9. The maximum absolute atomic E-state index is 6.58. The lowest BCUT2D eigenvalue weighted by Gasteiger charge is -2.21. The molecule has 1 aliphatic carbocycles. The fourth-order valence-corrected chi connectivity index (χ4v) is 9.26. The molecule has 0 fully saturated rings. The first-order chi connectivity index (χ1) is 29.0. The van der Waals surface area contributed by atoms with Crippen molar-refractivity contribution in [2.24, 2.45) is 0 Å². The zero-order valence-electron chi connectivity index (χ0n) is 32.4. The molecule has 0 atom stereocenters. The van der Waals surface area contributed by atoms with Gasteiger partial charge in [0.25, 0.3) is 0 Å². The molecule has 3 heterocycles. The van der Waals surface area contributed by atoms with Crippen LogP contribution in [0.2, 0.25) is 0 Å². The van der Waals surface area contributed by atoms with Gasteiger partial charge in [0, 0.05) is 43.7 Å². The number of para-hydroxylation sites is 1. The Balaban J connectivity index is 1.07. The molecule has 0 bridgehead atoms. The van der Waals surface area contributed by atoms with E-state index in [2.05, 4.69) is 141 Å². The Morgan fingerprint density at radius 2 is 0.915 bits per heavy atom. The molecule has 0 aliphatic heterocycles. The van der Waals surface area contributed by atoms with Crippen LogP contribution in [-0.4, -0.2) is 15.0 Å². The van der Waals surface area contributed by atoms with Crippen molar-refractivity contribution in [1.82, 2.24) is 15.0 Å². The number of furan rings is 2.